The average Bonchev–Trinajstić information content (AvgIpc) is 2.26. The molecule has 0 fully saturated rings. The number of carbonyl (C=O) groups excluding carboxylic acids is 2. The van der Waals surface area contributed by atoms with Crippen molar-refractivity contribution >= 4 is 12.4 Å². The second-order valence-electron chi connectivity index (χ2n) is 2.97. The SMILES string of the molecule is COC(=O)N[C@H](C=O)C1C=CCC=C1. The van der Waals surface area contributed by atoms with E-state index < -0.39 is 12.1 Å². The molecule has 1 aliphatic rings. The summed E-state index contributed by atoms with van der Waals surface area (Å²) in [6, 6.07) is -0.546. The molecule has 4 nitrogen and oxygen atoms in total. The Morgan fingerprint density at radius 2 is 2.21 bits per heavy atom. The normalized spacial score (nSPS) is 17.5. The van der Waals surface area contributed by atoms with Gasteiger partial charge >= 0.3 is 6.09 Å². The third-order valence-corrected chi connectivity index (χ3v) is 2.02. The van der Waals surface area contributed by atoms with E-state index in [0.29, 0.717) is 6.29 Å². The topological polar surface area (TPSA) is 55.4 Å². The van der Waals surface area contributed by atoms with Gasteiger partial charge in [-0.3, -0.25) is 0 Å². The molecule has 1 N–H and O–H groups in total. The molecule has 0 saturated heterocycles. The number of alkyl carbamates (subject to hydrolysis) is 1. The molecular formula is C10H13NO3. The minimum Gasteiger partial charge on any atom is -0.453 e. The highest BCUT2D eigenvalue weighted by Crippen LogP contribution is 2.12. The van der Waals surface area contributed by atoms with E-state index in [1.165, 1.54) is 7.11 Å². The van der Waals surface area contributed by atoms with Crippen molar-refractivity contribution in [2.45, 2.75) is 12.5 Å². The fraction of sp³-hybridized carbons (Fsp3) is 0.400. The number of carbonyl (C=O) groups is 2. The van der Waals surface area contributed by atoms with Crippen molar-refractivity contribution in [3.63, 3.8) is 0 Å². The summed E-state index contributed by atoms with van der Waals surface area (Å²) in [5, 5.41) is 2.45. The molecule has 0 radical (unpaired) electrons. The zero-order valence-corrected chi connectivity index (χ0v) is 7.97. The molecule has 14 heavy (non-hydrogen) atoms. The molecule has 0 aromatic heterocycles. The summed E-state index contributed by atoms with van der Waals surface area (Å²) < 4.78 is 4.42. The molecule has 0 aromatic rings. The summed E-state index contributed by atoms with van der Waals surface area (Å²) in [4.78, 5) is 21.6. The Balaban J connectivity index is 2.56. The van der Waals surface area contributed by atoms with E-state index >= 15 is 0 Å². The maximum atomic E-state index is 10.9. The van der Waals surface area contributed by atoms with Crippen molar-refractivity contribution < 1.29 is 14.3 Å². The van der Waals surface area contributed by atoms with Crippen molar-refractivity contribution in [3.05, 3.63) is 24.3 Å². The average molecular weight is 195 g/mol. The lowest BCUT2D eigenvalue weighted by Crippen LogP contribution is -2.40. The molecule has 0 saturated carbocycles. The molecule has 0 heterocycles. The van der Waals surface area contributed by atoms with Crippen molar-refractivity contribution in [1.29, 1.82) is 0 Å². The van der Waals surface area contributed by atoms with Crippen LogP contribution in [0.5, 0.6) is 0 Å². The van der Waals surface area contributed by atoms with E-state index in [1.54, 1.807) is 0 Å². The van der Waals surface area contributed by atoms with E-state index in [2.05, 4.69) is 10.1 Å². The Bertz CT molecular complexity index is 259. The van der Waals surface area contributed by atoms with Gasteiger partial charge < -0.3 is 14.8 Å². The lowest BCUT2D eigenvalue weighted by atomic mass is 9.96. The number of allylic oxidation sites excluding steroid dienone is 2. The molecule has 1 amide bonds. The highest BCUT2D eigenvalue weighted by atomic mass is 16.5. The van der Waals surface area contributed by atoms with Gasteiger partial charge in [-0.15, -0.1) is 0 Å². The first-order valence-corrected chi connectivity index (χ1v) is 4.41. The Morgan fingerprint density at radius 1 is 1.57 bits per heavy atom. The second-order valence-corrected chi connectivity index (χ2v) is 2.97. The molecule has 1 rings (SSSR count). The summed E-state index contributed by atoms with van der Waals surface area (Å²) in [6.07, 6.45) is 8.71. The van der Waals surface area contributed by atoms with Crippen LogP contribution in [0.1, 0.15) is 6.42 Å². The number of amides is 1. The molecule has 4 heteroatoms. The number of nitrogens with one attached hydrogen (secondary N) is 1. The Morgan fingerprint density at radius 3 is 2.71 bits per heavy atom. The first kappa shape index (κ1) is 10.5. The molecule has 1 aliphatic carbocycles. The molecule has 0 bridgehead atoms. The van der Waals surface area contributed by atoms with Crippen LogP contribution < -0.4 is 5.32 Å². The van der Waals surface area contributed by atoms with Gasteiger partial charge in [0.15, 0.2) is 0 Å². The van der Waals surface area contributed by atoms with Crippen LogP contribution in [0.3, 0.4) is 0 Å². The molecule has 0 aromatic carbocycles. The van der Waals surface area contributed by atoms with Gasteiger partial charge in [-0.2, -0.15) is 0 Å². The van der Waals surface area contributed by atoms with Crippen LogP contribution in [0.25, 0.3) is 0 Å². The minimum atomic E-state index is -0.588. The van der Waals surface area contributed by atoms with E-state index in [0.717, 1.165) is 6.42 Å². The Labute approximate surface area is 82.6 Å². The molecule has 0 unspecified atom stereocenters. The van der Waals surface area contributed by atoms with Gasteiger partial charge in [0.05, 0.1) is 13.2 Å². The van der Waals surface area contributed by atoms with E-state index in [4.69, 9.17) is 0 Å². The van der Waals surface area contributed by atoms with E-state index in [9.17, 15) is 9.59 Å². The van der Waals surface area contributed by atoms with Crippen molar-refractivity contribution in [2.24, 2.45) is 5.92 Å². The highest BCUT2D eigenvalue weighted by molar-refractivity contribution is 5.73. The summed E-state index contributed by atoms with van der Waals surface area (Å²) >= 11 is 0. The summed E-state index contributed by atoms with van der Waals surface area (Å²) in [7, 11) is 1.27. The first-order chi connectivity index (χ1) is 6.77. The van der Waals surface area contributed by atoms with Gasteiger partial charge in [0.25, 0.3) is 0 Å². The van der Waals surface area contributed by atoms with Crippen LogP contribution in [0.2, 0.25) is 0 Å². The van der Waals surface area contributed by atoms with Crippen molar-refractivity contribution in [2.75, 3.05) is 7.11 Å². The lowest BCUT2D eigenvalue weighted by Gasteiger charge is -2.18. The monoisotopic (exact) mass is 195 g/mol. The predicted octanol–water partition coefficient (Wildman–Crippen LogP) is 1.04. The number of hydrogen-bond acceptors (Lipinski definition) is 3. The zero-order chi connectivity index (χ0) is 10.4. The summed E-state index contributed by atoms with van der Waals surface area (Å²) in [6.45, 7) is 0. The quantitative estimate of drug-likeness (QED) is 0.540. The van der Waals surface area contributed by atoms with Gasteiger partial charge in [0.1, 0.15) is 6.29 Å². The number of rotatable bonds is 3. The fourth-order valence-electron chi connectivity index (χ4n) is 1.27. The first-order valence-electron chi connectivity index (χ1n) is 4.41. The predicted molar refractivity (Wildman–Crippen MR) is 51.8 cm³/mol. The van der Waals surface area contributed by atoms with Crippen LogP contribution in [0, 0.1) is 5.92 Å². The number of hydrogen-bond donors (Lipinski definition) is 1. The third-order valence-electron chi connectivity index (χ3n) is 2.02. The van der Waals surface area contributed by atoms with Crippen LogP contribution in [0.4, 0.5) is 4.79 Å². The Kier molecular flexibility index (Phi) is 3.91. The van der Waals surface area contributed by atoms with Crippen LogP contribution >= 0.6 is 0 Å². The fourth-order valence-corrected chi connectivity index (χ4v) is 1.27. The minimum absolute atomic E-state index is 0.0691. The maximum Gasteiger partial charge on any atom is 0.407 e. The van der Waals surface area contributed by atoms with Crippen LogP contribution in [-0.4, -0.2) is 25.5 Å². The number of aldehydes is 1. The van der Waals surface area contributed by atoms with E-state index in [-0.39, 0.29) is 5.92 Å². The van der Waals surface area contributed by atoms with Gasteiger partial charge in [-0.25, -0.2) is 4.79 Å². The Hall–Kier alpha value is -1.58. The summed E-state index contributed by atoms with van der Waals surface area (Å²) in [5.41, 5.74) is 0. The van der Waals surface area contributed by atoms with Crippen LogP contribution in [0.15, 0.2) is 24.3 Å². The van der Waals surface area contributed by atoms with Gasteiger partial charge in [0, 0.05) is 5.92 Å². The standard InChI is InChI=1S/C10H13NO3/c1-14-10(13)11-9(7-12)8-5-3-2-4-6-8/h3-9H,2H2,1H3,(H,11,13)/t9-/m1/s1. The summed E-state index contributed by atoms with van der Waals surface area (Å²) in [5.74, 6) is -0.0691. The van der Waals surface area contributed by atoms with Crippen molar-refractivity contribution in [1.82, 2.24) is 5.32 Å². The molecule has 0 aliphatic heterocycles. The lowest BCUT2D eigenvalue weighted by molar-refractivity contribution is -0.109. The third kappa shape index (κ3) is 2.73. The largest absolute Gasteiger partial charge is 0.453 e. The maximum absolute atomic E-state index is 10.9. The molecule has 76 valence electrons. The zero-order valence-electron chi connectivity index (χ0n) is 7.97. The van der Waals surface area contributed by atoms with Gasteiger partial charge in [-0.1, -0.05) is 24.3 Å². The van der Waals surface area contributed by atoms with Gasteiger partial charge in [0.2, 0.25) is 0 Å². The second kappa shape index (κ2) is 5.21. The molecule has 0 spiro atoms. The van der Waals surface area contributed by atoms with Crippen LogP contribution in [-0.2, 0) is 9.53 Å². The highest BCUT2D eigenvalue weighted by Gasteiger charge is 2.19. The van der Waals surface area contributed by atoms with Gasteiger partial charge in [-0.05, 0) is 6.42 Å². The molecule has 1 atom stereocenters. The smallest absolute Gasteiger partial charge is 0.407 e. The molecular weight excluding hydrogens is 182 g/mol. The number of ether oxygens (including phenoxy) is 1. The van der Waals surface area contributed by atoms with E-state index in [1.807, 2.05) is 24.3 Å². The number of methoxy groups -OCH3 is 1. The van der Waals surface area contributed by atoms with Crippen molar-refractivity contribution in [3.8, 4) is 0 Å².